The fourth-order valence-electron chi connectivity index (χ4n) is 1.79. The molecule has 1 atom stereocenters. The number of carbonyl (C=O) groups is 1. The Balaban J connectivity index is 2.30. The Hall–Kier alpha value is -0.960. The zero-order valence-electron chi connectivity index (χ0n) is 9.82. The summed E-state index contributed by atoms with van der Waals surface area (Å²) in [6.07, 6.45) is -1.12. The molecule has 0 amide bonds. The van der Waals surface area contributed by atoms with Crippen molar-refractivity contribution in [3.63, 3.8) is 0 Å². The summed E-state index contributed by atoms with van der Waals surface area (Å²) >= 11 is 3.19. The fraction of sp³-hybridized carbons (Fsp3) is 0.364. The molecule has 1 saturated heterocycles. The molecule has 1 heterocycles. The molecule has 8 heteroatoms. The van der Waals surface area contributed by atoms with Crippen LogP contribution in [0.4, 0.5) is 0 Å². The summed E-state index contributed by atoms with van der Waals surface area (Å²) < 4.78 is 31.4. The van der Waals surface area contributed by atoms with Gasteiger partial charge in [-0.2, -0.15) is 4.31 Å². The predicted molar refractivity (Wildman–Crippen MR) is 70.3 cm³/mol. The van der Waals surface area contributed by atoms with Crippen molar-refractivity contribution in [1.29, 1.82) is 0 Å². The second-order valence-electron chi connectivity index (χ2n) is 3.99. The Morgan fingerprint density at radius 3 is 2.74 bits per heavy atom. The molecule has 0 spiro atoms. The molecule has 19 heavy (non-hydrogen) atoms. The largest absolute Gasteiger partial charge is 0.479 e. The van der Waals surface area contributed by atoms with Gasteiger partial charge in [-0.15, -0.1) is 0 Å². The molecule has 6 nitrogen and oxygen atoms in total. The molecule has 0 bridgehead atoms. The average Bonchev–Trinajstić information content (AvgIpc) is 2.39. The zero-order valence-corrected chi connectivity index (χ0v) is 12.2. The van der Waals surface area contributed by atoms with Crippen molar-refractivity contribution in [2.75, 3.05) is 19.7 Å². The highest BCUT2D eigenvalue weighted by Gasteiger charge is 2.34. The van der Waals surface area contributed by atoms with Crippen molar-refractivity contribution < 1.29 is 23.1 Å². The topological polar surface area (TPSA) is 83.9 Å². The van der Waals surface area contributed by atoms with Gasteiger partial charge in [0.15, 0.2) is 6.10 Å². The van der Waals surface area contributed by atoms with Gasteiger partial charge in [0.1, 0.15) is 0 Å². The molecule has 1 fully saturated rings. The van der Waals surface area contributed by atoms with Crippen molar-refractivity contribution in [3.8, 4) is 0 Å². The Bertz CT molecular complexity index is 589. The van der Waals surface area contributed by atoms with E-state index in [1.54, 1.807) is 18.2 Å². The highest BCUT2D eigenvalue weighted by Crippen LogP contribution is 2.25. The molecule has 1 N–H and O–H groups in total. The quantitative estimate of drug-likeness (QED) is 0.877. The van der Waals surface area contributed by atoms with Crippen molar-refractivity contribution in [2.45, 2.75) is 11.0 Å². The first-order valence-corrected chi connectivity index (χ1v) is 7.75. The number of halogens is 1. The minimum atomic E-state index is -3.72. The number of morpholine rings is 1. The Labute approximate surface area is 119 Å². The van der Waals surface area contributed by atoms with E-state index in [2.05, 4.69) is 15.9 Å². The molecule has 1 aromatic rings. The van der Waals surface area contributed by atoms with Crippen LogP contribution in [0.15, 0.2) is 33.6 Å². The first-order valence-electron chi connectivity index (χ1n) is 5.52. The number of hydrogen-bond acceptors (Lipinski definition) is 4. The molecule has 104 valence electrons. The number of nitrogens with zero attached hydrogens (tertiary/aromatic N) is 1. The number of hydrogen-bond donors (Lipinski definition) is 1. The van der Waals surface area contributed by atoms with Crippen LogP contribution in [0.25, 0.3) is 0 Å². The van der Waals surface area contributed by atoms with Gasteiger partial charge in [0.05, 0.1) is 18.0 Å². The highest BCUT2D eigenvalue weighted by molar-refractivity contribution is 9.10. The van der Waals surface area contributed by atoms with Crippen LogP contribution in [0.5, 0.6) is 0 Å². The van der Waals surface area contributed by atoms with Crippen LogP contribution in [0.3, 0.4) is 0 Å². The van der Waals surface area contributed by atoms with Gasteiger partial charge in [0.25, 0.3) is 0 Å². The van der Waals surface area contributed by atoms with Crippen molar-refractivity contribution in [3.05, 3.63) is 28.7 Å². The first kappa shape index (κ1) is 14.4. The number of rotatable bonds is 3. The smallest absolute Gasteiger partial charge is 0.334 e. The summed E-state index contributed by atoms with van der Waals surface area (Å²) in [5, 5.41) is 8.89. The fourth-order valence-corrected chi connectivity index (χ4v) is 4.17. The van der Waals surface area contributed by atoms with Crippen LogP contribution in [0, 0.1) is 0 Å². The Morgan fingerprint density at radius 2 is 2.11 bits per heavy atom. The van der Waals surface area contributed by atoms with E-state index in [-0.39, 0.29) is 24.6 Å². The summed E-state index contributed by atoms with van der Waals surface area (Å²) in [7, 11) is -3.72. The molecule has 1 unspecified atom stereocenters. The van der Waals surface area contributed by atoms with Crippen LogP contribution in [-0.2, 0) is 19.6 Å². The third-order valence-corrected chi connectivity index (χ3v) is 5.64. The average molecular weight is 350 g/mol. The molecule has 0 aromatic heterocycles. The SMILES string of the molecule is O=C(O)C1CN(S(=O)(=O)c2ccccc2Br)CCO1. The number of aliphatic carboxylic acids is 1. The summed E-state index contributed by atoms with van der Waals surface area (Å²) in [6.45, 7) is 0.0348. The van der Waals surface area contributed by atoms with E-state index < -0.39 is 22.1 Å². The second-order valence-corrected chi connectivity index (χ2v) is 6.75. The van der Waals surface area contributed by atoms with E-state index in [4.69, 9.17) is 9.84 Å². The molecular formula is C11H12BrNO5S. The molecular weight excluding hydrogens is 338 g/mol. The van der Waals surface area contributed by atoms with Crippen molar-refractivity contribution >= 4 is 31.9 Å². The zero-order chi connectivity index (χ0) is 14.0. The summed E-state index contributed by atoms with van der Waals surface area (Å²) in [5.74, 6) is -1.16. The maximum atomic E-state index is 12.4. The van der Waals surface area contributed by atoms with E-state index in [1.165, 1.54) is 6.07 Å². The van der Waals surface area contributed by atoms with Crippen LogP contribution in [-0.4, -0.2) is 49.6 Å². The standard InChI is InChI=1S/C11H12BrNO5S/c12-8-3-1-2-4-10(8)19(16,17)13-5-6-18-9(7-13)11(14)15/h1-4,9H,5-7H2,(H,14,15). The number of benzene rings is 1. The van der Waals surface area contributed by atoms with Gasteiger partial charge in [-0.25, -0.2) is 13.2 Å². The third kappa shape index (κ3) is 2.97. The van der Waals surface area contributed by atoms with Crippen LogP contribution in [0.1, 0.15) is 0 Å². The maximum absolute atomic E-state index is 12.4. The number of carboxylic acid groups (broad SMARTS) is 1. The number of sulfonamides is 1. The van der Waals surface area contributed by atoms with Crippen LogP contribution in [0.2, 0.25) is 0 Å². The summed E-state index contributed by atoms with van der Waals surface area (Å²) in [5.41, 5.74) is 0. The molecule has 1 aliphatic rings. The first-order chi connectivity index (χ1) is 8.93. The molecule has 0 radical (unpaired) electrons. The van der Waals surface area contributed by atoms with Gasteiger partial charge in [0.2, 0.25) is 10.0 Å². The second kappa shape index (κ2) is 5.58. The minimum absolute atomic E-state index is 0.0701. The Kier molecular flexibility index (Phi) is 4.24. The molecule has 0 aliphatic carbocycles. The van der Waals surface area contributed by atoms with Crippen molar-refractivity contribution in [1.82, 2.24) is 4.31 Å². The van der Waals surface area contributed by atoms with Crippen LogP contribution >= 0.6 is 15.9 Å². The Morgan fingerprint density at radius 1 is 1.42 bits per heavy atom. The van der Waals surface area contributed by atoms with Gasteiger partial charge in [-0.05, 0) is 28.1 Å². The van der Waals surface area contributed by atoms with Gasteiger partial charge < -0.3 is 9.84 Å². The normalized spacial score (nSPS) is 21.2. The van der Waals surface area contributed by atoms with E-state index in [0.29, 0.717) is 4.47 Å². The number of ether oxygens (including phenoxy) is 1. The maximum Gasteiger partial charge on any atom is 0.334 e. The molecule has 1 aliphatic heterocycles. The van der Waals surface area contributed by atoms with E-state index in [9.17, 15) is 13.2 Å². The van der Waals surface area contributed by atoms with Crippen LogP contribution < -0.4 is 0 Å². The van der Waals surface area contributed by atoms with Gasteiger partial charge in [-0.3, -0.25) is 0 Å². The predicted octanol–water partition coefficient (Wildman–Crippen LogP) is 0.923. The van der Waals surface area contributed by atoms with Gasteiger partial charge in [0, 0.05) is 11.0 Å². The summed E-state index contributed by atoms with van der Waals surface area (Å²) in [6, 6.07) is 6.43. The lowest BCUT2D eigenvalue weighted by Crippen LogP contribution is -2.48. The van der Waals surface area contributed by atoms with E-state index in [1.807, 2.05) is 0 Å². The molecule has 1 aromatic carbocycles. The van der Waals surface area contributed by atoms with Gasteiger partial charge in [-0.1, -0.05) is 12.1 Å². The van der Waals surface area contributed by atoms with E-state index in [0.717, 1.165) is 4.31 Å². The minimum Gasteiger partial charge on any atom is -0.479 e. The van der Waals surface area contributed by atoms with Crippen molar-refractivity contribution in [2.24, 2.45) is 0 Å². The lowest BCUT2D eigenvalue weighted by Gasteiger charge is -2.30. The van der Waals surface area contributed by atoms with Gasteiger partial charge >= 0.3 is 5.97 Å². The number of carboxylic acids is 1. The summed E-state index contributed by atoms with van der Waals surface area (Å²) in [4.78, 5) is 11.0. The monoisotopic (exact) mass is 349 g/mol. The molecule has 0 saturated carbocycles. The molecule has 2 rings (SSSR count). The lowest BCUT2D eigenvalue weighted by molar-refractivity contribution is -0.153. The van der Waals surface area contributed by atoms with E-state index >= 15 is 0 Å². The highest BCUT2D eigenvalue weighted by atomic mass is 79.9. The third-order valence-electron chi connectivity index (χ3n) is 2.76. The lowest BCUT2D eigenvalue weighted by atomic mass is 10.3.